The lowest BCUT2D eigenvalue weighted by Gasteiger charge is -2.50. The molecule has 1 amide bonds. The number of halogens is 1. The number of carbonyl (C=O) groups excluding carboxylic acids is 1. The lowest BCUT2D eigenvalue weighted by atomic mass is 9.76. The van der Waals surface area contributed by atoms with Crippen LogP contribution in [0.4, 0.5) is 11.7 Å². The second kappa shape index (κ2) is 9.09. The summed E-state index contributed by atoms with van der Waals surface area (Å²) in [5.41, 5.74) is 7.68. The molecule has 194 valence electrons. The number of carbonyl (C=O) groups is 1. The molecule has 37 heavy (non-hydrogen) atoms. The van der Waals surface area contributed by atoms with Crippen LogP contribution in [-0.4, -0.2) is 62.6 Å². The van der Waals surface area contributed by atoms with E-state index in [1.54, 1.807) is 36.4 Å². The molecule has 3 aliphatic heterocycles. The van der Waals surface area contributed by atoms with Gasteiger partial charge in [0, 0.05) is 35.7 Å². The number of benzene rings is 2. The van der Waals surface area contributed by atoms with Gasteiger partial charge in [0.05, 0.1) is 35.5 Å². The van der Waals surface area contributed by atoms with E-state index in [9.17, 15) is 13.2 Å². The van der Waals surface area contributed by atoms with E-state index in [0.717, 1.165) is 44.7 Å². The van der Waals surface area contributed by atoms with Gasteiger partial charge < -0.3 is 24.7 Å². The lowest BCUT2D eigenvalue weighted by Crippen LogP contribution is -2.60. The molecule has 2 aromatic carbocycles. The van der Waals surface area contributed by atoms with Crippen LogP contribution in [-0.2, 0) is 25.9 Å². The fourth-order valence-corrected chi connectivity index (χ4v) is 6.98. The van der Waals surface area contributed by atoms with E-state index in [2.05, 4.69) is 10.2 Å². The zero-order chi connectivity index (χ0) is 25.8. The normalized spacial score (nSPS) is 22.4. The maximum absolute atomic E-state index is 13.2. The lowest BCUT2D eigenvalue weighted by molar-refractivity contribution is -0.119. The number of anilines is 2. The van der Waals surface area contributed by atoms with Gasteiger partial charge >= 0.3 is 6.01 Å². The number of hydrogen-bond acceptors (Lipinski definition) is 9. The third kappa shape index (κ3) is 4.50. The Bertz CT molecular complexity index is 1440. The van der Waals surface area contributed by atoms with Crippen molar-refractivity contribution in [2.24, 2.45) is 11.1 Å². The first-order chi connectivity index (χ1) is 17.7. The standard InChI is InChI=1S/C25H26ClN5O5S/c26-18-5-2-16(3-6-18)11-31-20-10-17(4-7-21(20)37(33,34)12-19(27)23(31)32)22-28-29-24(36-22)30-13-25(14-30)8-1-9-35-15-25/h2-7,10,19H,1,8-9,11-15,27H2/t19-/m0/s1. The molecule has 2 N–H and O–H groups in total. The number of amides is 1. The van der Waals surface area contributed by atoms with Crippen LogP contribution in [0.2, 0.25) is 5.02 Å². The summed E-state index contributed by atoms with van der Waals surface area (Å²) in [6.45, 7) is 3.26. The van der Waals surface area contributed by atoms with Crippen molar-refractivity contribution in [3.63, 3.8) is 0 Å². The molecule has 0 radical (unpaired) electrons. The molecule has 1 atom stereocenters. The minimum atomic E-state index is -3.81. The number of sulfone groups is 1. The summed E-state index contributed by atoms with van der Waals surface area (Å²) in [5.74, 6) is -0.717. The van der Waals surface area contributed by atoms with E-state index in [-0.39, 0.29) is 28.4 Å². The van der Waals surface area contributed by atoms with Gasteiger partial charge in [0.2, 0.25) is 11.8 Å². The second-order valence-electron chi connectivity index (χ2n) is 10.0. The van der Waals surface area contributed by atoms with Crippen LogP contribution in [0.1, 0.15) is 18.4 Å². The molecule has 6 rings (SSSR count). The maximum atomic E-state index is 13.2. The van der Waals surface area contributed by atoms with Crippen molar-refractivity contribution in [2.45, 2.75) is 30.3 Å². The Kier molecular flexibility index (Phi) is 5.98. The molecule has 1 spiro atoms. The van der Waals surface area contributed by atoms with E-state index in [1.165, 1.54) is 11.0 Å². The van der Waals surface area contributed by atoms with Gasteiger partial charge in [-0.25, -0.2) is 8.42 Å². The van der Waals surface area contributed by atoms with Crippen molar-refractivity contribution in [1.29, 1.82) is 0 Å². The Balaban J connectivity index is 1.33. The van der Waals surface area contributed by atoms with Crippen molar-refractivity contribution < 1.29 is 22.4 Å². The Morgan fingerprint density at radius 3 is 2.65 bits per heavy atom. The smallest absolute Gasteiger partial charge is 0.318 e. The summed E-state index contributed by atoms with van der Waals surface area (Å²) >= 11 is 6.01. The third-order valence-corrected chi connectivity index (χ3v) is 9.27. The molecule has 0 aliphatic carbocycles. The maximum Gasteiger partial charge on any atom is 0.318 e. The van der Waals surface area contributed by atoms with Crippen molar-refractivity contribution in [3.05, 3.63) is 53.1 Å². The number of ether oxygens (including phenoxy) is 1. The Morgan fingerprint density at radius 1 is 1.14 bits per heavy atom. The van der Waals surface area contributed by atoms with Crippen LogP contribution < -0.4 is 15.5 Å². The molecule has 2 fully saturated rings. The Hall–Kier alpha value is -2.99. The first-order valence-corrected chi connectivity index (χ1v) is 14.1. The zero-order valence-electron chi connectivity index (χ0n) is 20.0. The predicted octanol–water partition coefficient (Wildman–Crippen LogP) is 2.65. The molecule has 10 nitrogen and oxygen atoms in total. The summed E-state index contributed by atoms with van der Waals surface area (Å²) in [7, 11) is -3.81. The number of fused-ring (bicyclic) bond motifs is 1. The fourth-order valence-electron chi connectivity index (χ4n) is 5.29. The van der Waals surface area contributed by atoms with Gasteiger partial charge in [-0.3, -0.25) is 4.79 Å². The molecule has 12 heteroatoms. The highest BCUT2D eigenvalue weighted by atomic mass is 35.5. The highest BCUT2D eigenvalue weighted by Gasteiger charge is 2.46. The summed E-state index contributed by atoms with van der Waals surface area (Å²) in [5, 5.41) is 8.97. The summed E-state index contributed by atoms with van der Waals surface area (Å²) in [4.78, 5) is 16.7. The summed E-state index contributed by atoms with van der Waals surface area (Å²) < 4.78 is 37.8. The summed E-state index contributed by atoms with van der Waals surface area (Å²) in [6, 6.07) is 10.9. The molecular weight excluding hydrogens is 518 g/mol. The van der Waals surface area contributed by atoms with Crippen LogP contribution in [0.25, 0.3) is 11.5 Å². The second-order valence-corrected chi connectivity index (χ2v) is 12.5. The number of nitrogens with two attached hydrogens (primary N) is 1. The third-order valence-electron chi connectivity index (χ3n) is 7.21. The monoisotopic (exact) mass is 543 g/mol. The van der Waals surface area contributed by atoms with E-state index < -0.39 is 27.5 Å². The number of aromatic nitrogens is 2. The zero-order valence-corrected chi connectivity index (χ0v) is 21.5. The first-order valence-electron chi connectivity index (χ1n) is 12.1. The Morgan fingerprint density at radius 2 is 1.92 bits per heavy atom. The number of rotatable bonds is 4. The largest absolute Gasteiger partial charge is 0.403 e. The van der Waals surface area contributed by atoms with Crippen LogP contribution in [0.5, 0.6) is 0 Å². The molecule has 2 saturated heterocycles. The average Bonchev–Trinajstić information content (AvgIpc) is 3.34. The fraction of sp³-hybridized carbons (Fsp3) is 0.400. The van der Waals surface area contributed by atoms with Crippen LogP contribution in [0.15, 0.2) is 51.8 Å². The number of nitrogens with zero attached hydrogens (tertiary/aromatic N) is 4. The van der Waals surface area contributed by atoms with Crippen LogP contribution in [0, 0.1) is 5.41 Å². The van der Waals surface area contributed by atoms with Crippen LogP contribution >= 0.6 is 11.6 Å². The molecule has 0 bridgehead atoms. The highest BCUT2D eigenvalue weighted by Crippen LogP contribution is 2.41. The van der Waals surface area contributed by atoms with Crippen molar-refractivity contribution >= 4 is 39.0 Å². The Labute approximate surface area is 219 Å². The minimum Gasteiger partial charge on any atom is -0.403 e. The quantitative estimate of drug-likeness (QED) is 0.527. The van der Waals surface area contributed by atoms with Gasteiger partial charge in [-0.1, -0.05) is 28.8 Å². The molecule has 0 unspecified atom stereocenters. The molecular formula is C25H26ClN5O5S. The summed E-state index contributed by atoms with van der Waals surface area (Å²) in [6.07, 6.45) is 2.17. The topological polar surface area (TPSA) is 132 Å². The SMILES string of the molecule is N[C@H]1CS(=O)(=O)c2ccc(-c3nnc(N4CC5(CCCOC5)C4)o3)cc2N(Cc2ccc(Cl)cc2)C1=O. The van der Waals surface area contributed by atoms with Gasteiger partial charge in [0.1, 0.15) is 0 Å². The molecule has 3 aliphatic rings. The minimum absolute atomic E-state index is 0.0354. The highest BCUT2D eigenvalue weighted by molar-refractivity contribution is 7.91. The van der Waals surface area contributed by atoms with Gasteiger partial charge in [0.15, 0.2) is 9.84 Å². The molecule has 1 aromatic heterocycles. The van der Waals surface area contributed by atoms with E-state index in [4.69, 9.17) is 26.5 Å². The first kappa shape index (κ1) is 24.4. The van der Waals surface area contributed by atoms with Gasteiger partial charge in [0.25, 0.3) is 0 Å². The van der Waals surface area contributed by atoms with Crippen LogP contribution in [0.3, 0.4) is 0 Å². The van der Waals surface area contributed by atoms with Gasteiger partial charge in [-0.05, 0) is 48.7 Å². The average molecular weight is 544 g/mol. The predicted molar refractivity (Wildman–Crippen MR) is 137 cm³/mol. The van der Waals surface area contributed by atoms with Crippen molar-refractivity contribution in [2.75, 3.05) is 41.9 Å². The van der Waals surface area contributed by atoms with E-state index in [0.29, 0.717) is 16.6 Å². The van der Waals surface area contributed by atoms with Crippen molar-refractivity contribution in [3.8, 4) is 11.5 Å². The molecule has 4 heterocycles. The molecule has 0 saturated carbocycles. The van der Waals surface area contributed by atoms with E-state index >= 15 is 0 Å². The van der Waals surface area contributed by atoms with Gasteiger partial charge in [-0.2, -0.15) is 0 Å². The van der Waals surface area contributed by atoms with Gasteiger partial charge in [-0.15, -0.1) is 5.10 Å². The molecule has 3 aromatic rings. The number of hydrogen-bond donors (Lipinski definition) is 1. The van der Waals surface area contributed by atoms with E-state index in [1.807, 2.05) is 4.90 Å². The van der Waals surface area contributed by atoms with Crippen molar-refractivity contribution in [1.82, 2.24) is 10.2 Å².